The highest BCUT2D eigenvalue weighted by molar-refractivity contribution is 5.39. The Morgan fingerprint density at radius 3 is 2.58 bits per heavy atom. The van der Waals surface area contributed by atoms with E-state index in [0.717, 1.165) is 30.2 Å². The second-order valence-corrected chi connectivity index (χ2v) is 4.04. The van der Waals surface area contributed by atoms with Gasteiger partial charge in [-0.3, -0.25) is 0 Å². The maximum Gasteiger partial charge on any atom is 0.161 e. The first-order valence-corrected chi connectivity index (χ1v) is 6.46. The highest BCUT2D eigenvalue weighted by atomic mass is 16.5. The molecule has 2 rings (SSSR count). The molecule has 0 saturated carbocycles. The van der Waals surface area contributed by atoms with Crippen LogP contribution in [0.1, 0.15) is 12.5 Å². The lowest BCUT2D eigenvalue weighted by atomic mass is 10.3. The van der Waals surface area contributed by atoms with Crippen LogP contribution >= 0.6 is 0 Å². The molecule has 0 saturated heterocycles. The number of rotatable bonds is 8. The van der Waals surface area contributed by atoms with Crippen LogP contribution in [0.4, 0.5) is 0 Å². The predicted octanol–water partition coefficient (Wildman–Crippen LogP) is 2.85. The zero-order chi connectivity index (χ0) is 13.3. The Bertz CT molecular complexity index is 468. The summed E-state index contributed by atoms with van der Waals surface area (Å²) in [6, 6.07) is 9.66. The first-order chi connectivity index (χ1) is 9.40. The van der Waals surface area contributed by atoms with Crippen LogP contribution in [0.2, 0.25) is 0 Å². The Kier molecular flexibility index (Phi) is 5.31. The highest BCUT2D eigenvalue weighted by Crippen LogP contribution is 2.25. The number of para-hydroxylation sites is 2. The number of nitrogens with one attached hydrogen (secondary N) is 1. The van der Waals surface area contributed by atoms with E-state index in [-0.39, 0.29) is 0 Å². The Morgan fingerprint density at radius 1 is 1.11 bits per heavy atom. The molecule has 19 heavy (non-hydrogen) atoms. The van der Waals surface area contributed by atoms with Gasteiger partial charge >= 0.3 is 0 Å². The lowest BCUT2D eigenvalue weighted by Crippen LogP contribution is -2.20. The first-order valence-electron chi connectivity index (χ1n) is 6.46. The molecule has 1 N–H and O–H groups in total. The monoisotopic (exact) mass is 261 g/mol. The molecule has 0 aliphatic carbocycles. The molecule has 0 fully saturated rings. The van der Waals surface area contributed by atoms with Gasteiger partial charge in [0.25, 0.3) is 0 Å². The normalized spacial score (nSPS) is 10.4. The van der Waals surface area contributed by atoms with Crippen LogP contribution in [0.5, 0.6) is 11.5 Å². The van der Waals surface area contributed by atoms with Crippen LogP contribution < -0.4 is 14.8 Å². The summed E-state index contributed by atoms with van der Waals surface area (Å²) < 4.78 is 16.2. The molecule has 4 heteroatoms. The lowest BCUT2D eigenvalue weighted by molar-refractivity contribution is 0.275. The van der Waals surface area contributed by atoms with E-state index in [2.05, 4.69) is 5.32 Å². The number of hydrogen-bond acceptors (Lipinski definition) is 4. The molecule has 0 amide bonds. The zero-order valence-electron chi connectivity index (χ0n) is 11.1. The SMILES string of the molecule is CCOc1ccccc1OCCNCc1ccoc1. The zero-order valence-corrected chi connectivity index (χ0v) is 11.1. The molecule has 102 valence electrons. The van der Waals surface area contributed by atoms with Crippen LogP contribution in [-0.4, -0.2) is 19.8 Å². The quantitative estimate of drug-likeness (QED) is 0.742. The number of hydrogen-bond donors (Lipinski definition) is 1. The third-order valence-electron chi connectivity index (χ3n) is 2.59. The minimum atomic E-state index is 0.599. The van der Waals surface area contributed by atoms with Crippen LogP contribution in [0.25, 0.3) is 0 Å². The van der Waals surface area contributed by atoms with Gasteiger partial charge in [0.2, 0.25) is 0 Å². The molecule has 0 bridgehead atoms. The van der Waals surface area contributed by atoms with Gasteiger partial charge in [-0.05, 0) is 25.1 Å². The van der Waals surface area contributed by atoms with E-state index in [1.165, 1.54) is 0 Å². The molecule has 0 atom stereocenters. The van der Waals surface area contributed by atoms with E-state index in [9.17, 15) is 0 Å². The van der Waals surface area contributed by atoms with Gasteiger partial charge in [-0.25, -0.2) is 0 Å². The van der Waals surface area contributed by atoms with Gasteiger partial charge in [-0.15, -0.1) is 0 Å². The number of furan rings is 1. The average molecular weight is 261 g/mol. The van der Waals surface area contributed by atoms with Crippen molar-refractivity contribution in [2.75, 3.05) is 19.8 Å². The molecular formula is C15H19NO3. The van der Waals surface area contributed by atoms with Crippen molar-refractivity contribution in [3.05, 3.63) is 48.4 Å². The summed E-state index contributed by atoms with van der Waals surface area (Å²) in [5, 5.41) is 3.28. The maximum atomic E-state index is 5.70. The van der Waals surface area contributed by atoms with Crippen molar-refractivity contribution in [2.45, 2.75) is 13.5 Å². The van der Waals surface area contributed by atoms with Gasteiger partial charge in [-0.2, -0.15) is 0 Å². The Morgan fingerprint density at radius 2 is 1.89 bits per heavy atom. The van der Waals surface area contributed by atoms with E-state index in [1.54, 1.807) is 12.5 Å². The van der Waals surface area contributed by atoms with E-state index in [0.29, 0.717) is 13.2 Å². The molecular weight excluding hydrogens is 242 g/mol. The largest absolute Gasteiger partial charge is 0.490 e. The summed E-state index contributed by atoms with van der Waals surface area (Å²) >= 11 is 0. The summed E-state index contributed by atoms with van der Waals surface area (Å²) in [5.41, 5.74) is 1.13. The van der Waals surface area contributed by atoms with Gasteiger partial charge in [0.15, 0.2) is 11.5 Å². The van der Waals surface area contributed by atoms with Crippen molar-refractivity contribution in [3.63, 3.8) is 0 Å². The van der Waals surface area contributed by atoms with Crippen molar-refractivity contribution in [1.29, 1.82) is 0 Å². The van der Waals surface area contributed by atoms with Crippen LogP contribution in [0.15, 0.2) is 47.3 Å². The van der Waals surface area contributed by atoms with Crippen molar-refractivity contribution >= 4 is 0 Å². The third-order valence-corrected chi connectivity index (χ3v) is 2.59. The van der Waals surface area contributed by atoms with Crippen LogP contribution in [-0.2, 0) is 6.54 Å². The number of benzene rings is 1. The van der Waals surface area contributed by atoms with Crippen LogP contribution in [0.3, 0.4) is 0 Å². The molecule has 1 aromatic carbocycles. The van der Waals surface area contributed by atoms with E-state index in [1.807, 2.05) is 37.3 Å². The Hall–Kier alpha value is -1.94. The fourth-order valence-electron chi connectivity index (χ4n) is 1.70. The smallest absolute Gasteiger partial charge is 0.161 e. The van der Waals surface area contributed by atoms with Gasteiger partial charge in [0.05, 0.1) is 19.1 Å². The second kappa shape index (κ2) is 7.48. The van der Waals surface area contributed by atoms with Gasteiger partial charge in [0.1, 0.15) is 6.61 Å². The van der Waals surface area contributed by atoms with Crippen molar-refractivity contribution in [1.82, 2.24) is 5.32 Å². The molecule has 0 radical (unpaired) electrons. The molecule has 4 nitrogen and oxygen atoms in total. The van der Waals surface area contributed by atoms with Crippen LogP contribution in [0, 0.1) is 0 Å². The summed E-state index contributed by atoms with van der Waals surface area (Å²) in [7, 11) is 0. The van der Waals surface area contributed by atoms with Crippen molar-refractivity contribution in [3.8, 4) is 11.5 Å². The fraction of sp³-hybridized carbons (Fsp3) is 0.333. The average Bonchev–Trinajstić information content (AvgIpc) is 2.94. The molecule has 0 aliphatic rings. The molecule has 0 aliphatic heterocycles. The van der Waals surface area contributed by atoms with Gasteiger partial charge in [0, 0.05) is 18.7 Å². The lowest BCUT2D eigenvalue weighted by Gasteiger charge is -2.11. The summed E-state index contributed by atoms with van der Waals surface area (Å²) in [6.07, 6.45) is 3.41. The summed E-state index contributed by atoms with van der Waals surface area (Å²) in [5.74, 6) is 1.58. The molecule has 1 aromatic heterocycles. The molecule has 1 heterocycles. The van der Waals surface area contributed by atoms with E-state index >= 15 is 0 Å². The predicted molar refractivity (Wildman–Crippen MR) is 73.5 cm³/mol. The van der Waals surface area contributed by atoms with Crippen molar-refractivity contribution < 1.29 is 13.9 Å². The molecule has 0 spiro atoms. The molecule has 0 unspecified atom stereocenters. The minimum absolute atomic E-state index is 0.599. The maximum absolute atomic E-state index is 5.70. The third kappa shape index (κ3) is 4.34. The standard InChI is InChI=1S/C15H19NO3/c1-2-18-14-5-3-4-6-15(14)19-10-8-16-11-13-7-9-17-12-13/h3-7,9,12,16H,2,8,10-11H2,1H3. The fourth-order valence-corrected chi connectivity index (χ4v) is 1.70. The Balaban J connectivity index is 1.70. The summed E-state index contributed by atoms with van der Waals surface area (Å²) in [4.78, 5) is 0. The topological polar surface area (TPSA) is 43.6 Å². The van der Waals surface area contributed by atoms with E-state index < -0.39 is 0 Å². The first kappa shape index (κ1) is 13.5. The number of ether oxygens (including phenoxy) is 2. The minimum Gasteiger partial charge on any atom is -0.490 e. The van der Waals surface area contributed by atoms with Gasteiger partial charge in [-0.1, -0.05) is 12.1 Å². The van der Waals surface area contributed by atoms with E-state index in [4.69, 9.17) is 13.9 Å². The van der Waals surface area contributed by atoms with Gasteiger partial charge < -0.3 is 19.2 Å². The summed E-state index contributed by atoms with van der Waals surface area (Å²) in [6.45, 7) is 4.75. The highest BCUT2D eigenvalue weighted by Gasteiger charge is 2.02. The second-order valence-electron chi connectivity index (χ2n) is 4.04. The molecule has 2 aromatic rings. The van der Waals surface area contributed by atoms with Crippen molar-refractivity contribution in [2.24, 2.45) is 0 Å². The Labute approximate surface area is 113 Å².